The summed E-state index contributed by atoms with van der Waals surface area (Å²) < 4.78 is 5.18. The number of nitrogens with zero attached hydrogens (tertiary/aromatic N) is 2. The molecule has 4 nitrogen and oxygen atoms in total. The lowest BCUT2D eigenvalue weighted by molar-refractivity contribution is 0.0982. The van der Waals surface area contributed by atoms with Gasteiger partial charge >= 0.3 is 6.09 Å². The molecule has 3 atom stereocenters. The van der Waals surface area contributed by atoms with Crippen molar-refractivity contribution in [2.75, 3.05) is 19.7 Å². The van der Waals surface area contributed by atoms with Crippen molar-refractivity contribution in [3.63, 3.8) is 0 Å². The average Bonchev–Trinajstić information content (AvgIpc) is 3.02. The van der Waals surface area contributed by atoms with E-state index in [2.05, 4.69) is 42.2 Å². The molecule has 0 bridgehead atoms. The summed E-state index contributed by atoms with van der Waals surface area (Å²) in [6.07, 6.45) is 1.02. The maximum Gasteiger partial charge on any atom is 0.410 e. The van der Waals surface area contributed by atoms with E-state index in [9.17, 15) is 4.79 Å². The molecule has 2 fully saturated rings. The van der Waals surface area contributed by atoms with Crippen molar-refractivity contribution >= 4 is 6.09 Å². The fourth-order valence-electron chi connectivity index (χ4n) is 3.82. The molecule has 114 valence electrons. The summed E-state index contributed by atoms with van der Waals surface area (Å²) in [4.78, 5) is 16.5. The molecule has 0 aromatic heterocycles. The first kappa shape index (κ1) is 14.4. The van der Waals surface area contributed by atoms with Crippen LogP contribution >= 0.6 is 0 Å². The third-order valence-corrected chi connectivity index (χ3v) is 4.94. The topological polar surface area (TPSA) is 32.8 Å². The van der Waals surface area contributed by atoms with E-state index < -0.39 is 0 Å². The molecule has 1 aromatic carbocycles. The van der Waals surface area contributed by atoms with Gasteiger partial charge in [-0.05, 0) is 38.3 Å². The molecule has 2 saturated heterocycles. The normalized spacial score (nSPS) is 28.7. The van der Waals surface area contributed by atoms with Crippen LogP contribution in [0.4, 0.5) is 4.79 Å². The number of hydrogen-bond donors (Lipinski definition) is 0. The zero-order chi connectivity index (χ0) is 14.8. The highest BCUT2D eigenvalue weighted by atomic mass is 16.6. The molecule has 3 rings (SSSR count). The van der Waals surface area contributed by atoms with Gasteiger partial charge in [0.25, 0.3) is 0 Å². The molecule has 4 heteroatoms. The van der Waals surface area contributed by atoms with Gasteiger partial charge in [-0.1, -0.05) is 30.3 Å². The van der Waals surface area contributed by atoms with E-state index in [4.69, 9.17) is 4.74 Å². The van der Waals surface area contributed by atoms with Gasteiger partial charge in [0, 0.05) is 25.2 Å². The molecule has 21 heavy (non-hydrogen) atoms. The Bertz CT molecular complexity index is 491. The molecule has 2 aliphatic rings. The van der Waals surface area contributed by atoms with Crippen LogP contribution in [0.1, 0.15) is 25.8 Å². The highest BCUT2D eigenvalue weighted by Crippen LogP contribution is 2.37. The van der Waals surface area contributed by atoms with Crippen LogP contribution in [0.5, 0.6) is 0 Å². The van der Waals surface area contributed by atoms with Crippen LogP contribution in [0.25, 0.3) is 0 Å². The van der Waals surface area contributed by atoms with Crippen LogP contribution in [0, 0.1) is 5.92 Å². The van der Waals surface area contributed by atoms with E-state index >= 15 is 0 Å². The summed E-state index contributed by atoms with van der Waals surface area (Å²) >= 11 is 0. The molecule has 0 radical (unpaired) electrons. The minimum absolute atomic E-state index is 0.154. The van der Waals surface area contributed by atoms with E-state index in [1.807, 2.05) is 11.8 Å². The molecule has 0 unspecified atom stereocenters. The second kappa shape index (κ2) is 6.06. The molecule has 2 heterocycles. The number of benzene rings is 1. The minimum Gasteiger partial charge on any atom is -0.450 e. The van der Waals surface area contributed by atoms with E-state index in [1.165, 1.54) is 12.0 Å². The summed E-state index contributed by atoms with van der Waals surface area (Å²) in [7, 11) is 0. The smallest absolute Gasteiger partial charge is 0.410 e. The number of carbonyl (C=O) groups excluding carboxylic acids is 1. The third-order valence-electron chi connectivity index (χ3n) is 4.94. The van der Waals surface area contributed by atoms with E-state index in [-0.39, 0.29) is 12.1 Å². The number of likely N-dealkylation sites (tertiary alicyclic amines) is 2. The van der Waals surface area contributed by atoms with Crippen molar-refractivity contribution in [3.05, 3.63) is 35.9 Å². The number of hydrogen-bond acceptors (Lipinski definition) is 3. The number of rotatable bonds is 3. The molecule has 1 amide bonds. The predicted octanol–water partition coefficient (Wildman–Crippen LogP) is 2.74. The molecule has 0 spiro atoms. The van der Waals surface area contributed by atoms with Gasteiger partial charge in [-0.2, -0.15) is 0 Å². The van der Waals surface area contributed by atoms with Crippen molar-refractivity contribution in [3.8, 4) is 0 Å². The van der Waals surface area contributed by atoms with Gasteiger partial charge in [0.1, 0.15) is 0 Å². The fraction of sp³-hybridized carbons (Fsp3) is 0.588. The van der Waals surface area contributed by atoms with Gasteiger partial charge in [0.15, 0.2) is 0 Å². The van der Waals surface area contributed by atoms with Crippen molar-refractivity contribution in [2.45, 2.75) is 38.9 Å². The minimum atomic E-state index is -0.154. The van der Waals surface area contributed by atoms with Gasteiger partial charge < -0.3 is 9.64 Å². The molecule has 0 aliphatic carbocycles. The Morgan fingerprint density at radius 1 is 1.33 bits per heavy atom. The fourth-order valence-corrected chi connectivity index (χ4v) is 3.82. The quantitative estimate of drug-likeness (QED) is 0.857. The van der Waals surface area contributed by atoms with Crippen molar-refractivity contribution < 1.29 is 9.53 Å². The maximum absolute atomic E-state index is 12.0. The number of carbonyl (C=O) groups is 1. The summed E-state index contributed by atoms with van der Waals surface area (Å²) in [5, 5.41) is 0. The van der Waals surface area contributed by atoms with Gasteiger partial charge in [0.05, 0.1) is 6.61 Å². The monoisotopic (exact) mass is 288 g/mol. The van der Waals surface area contributed by atoms with Crippen molar-refractivity contribution in [1.82, 2.24) is 9.80 Å². The van der Waals surface area contributed by atoms with Crippen LogP contribution in [-0.2, 0) is 11.3 Å². The van der Waals surface area contributed by atoms with Gasteiger partial charge in [-0.3, -0.25) is 4.90 Å². The Morgan fingerprint density at radius 3 is 2.81 bits per heavy atom. The zero-order valence-corrected chi connectivity index (χ0v) is 12.9. The predicted molar refractivity (Wildman–Crippen MR) is 81.9 cm³/mol. The highest BCUT2D eigenvalue weighted by Gasteiger charge is 2.47. The Morgan fingerprint density at radius 2 is 2.10 bits per heavy atom. The Balaban J connectivity index is 1.67. The molecule has 0 N–H and O–H groups in total. The van der Waals surface area contributed by atoms with Crippen molar-refractivity contribution in [2.24, 2.45) is 5.92 Å². The average molecular weight is 288 g/mol. The Kier molecular flexibility index (Phi) is 4.15. The molecular formula is C17H24N2O2. The van der Waals surface area contributed by atoms with Crippen LogP contribution in [0.3, 0.4) is 0 Å². The number of fused-ring (bicyclic) bond motifs is 1. The van der Waals surface area contributed by atoms with E-state index in [0.717, 1.165) is 19.6 Å². The maximum atomic E-state index is 12.0. The third kappa shape index (κ3) is 2.77. The lowest BCUT2D eigenvalue weighted by Gasteiger charge is -2.25. The number of ether oxygens (including phenoxy) is 1. The first-order valence-corrected chi connectivity index (χ1v) is 7.92. The lowest BCUT2D eigenvalue weighted by Crippen LogP contribution is -2.38. The van der Waals surface area contributed by atoms with E-state index in [1.54, 1.807) is 0 Å². The second-order valence-corrected chi connectivity index (χ2v) is 6.07. The summed E-state index contributed by atoms with van der Waals surface area (Å²) in [5.74, 6) is 0.582. The second-order valence-electron chi connectivity index (χ2n) is 6.07. The summed E-state index contributed by atoms with van der Waals surface area (Å²) in [5.41, 5.74) is 1.35. The van der Waals surface area contributed by atoms with Crippen LogP contribution in [-0.4, -0.2) is 47.7 Å². The Hall–Kier alpha value is -1.55. The SMILES string of the molecule is CCOC(=O)N1C[C@@H]2[C@@H](CCN2Cc2ccccc2)[C@H]1C. The summed E-state index contributed by atoms with van der Waals surface area (Å²) in [6.45, 7) is 7.38. The zero-order valence-electron chi connectivity index (χ0n) is 12.9. The largest absolute Gasteiger partial charge is 0.450 e. The number of amides is 1. The lowest BCUT2D eigenvalue weighted by atomic mass is 9.98. The first-order chi connectivity index (χ1) is 10.2. The van der Waals surface area contributed by atoms with Crippen LogP contribution in [0.2, 0.25) is 0 Å². The van der Waals surface area contributed by atoms with Gasteiger partial charge in [0.2, 0.25) is 0 Å². The molecule has 0 saturated carbocycles. The Labute approximate surface area is 126 Å². The van der Waals surface area contributed by atoms with Crippen molar-refractivity contribution in [1.29, 1.82) is 0 Å². The molecule has 2 aliphatic heterocycles. The standard InChI is InChI=1S/C17H24N2O2/c1-3-21-17(20)19-12-16-15(13(19)2)9-10-18(16)11-14-7-5-4-6-8-14/h4-8,13,15-16H,3,9-12H2,1-2H3/t13-,15+,16-/m1/s1. The van der Waals surface area contributed by atoms with Gasteiger partial charge in [-0.25, -0.2) is 4.79 Å². The summed E-state index contributed by atoms with van der Waals surface area (Å²) in [6, 6.07) is 11.3. The first-order valence-electron chi connectivity index (χ1n) is 7.92. The highest BCUT2D eigenvalue weighted by molar-refractivity contribution is 5.68. The van der Waals surface area contributed by atoms with Gasteiger partial charge in [-0.15, -0.1) is 0 Å². The van der Waals surface area contributed by atoms with E-state index in [0.29, 0.717) is 18.6 Å². The molecule has 1 aromatic rings. The van der Waals surface area contributed by atoms with Crippen LogP contribution < -0.4 is 0 Å². The molecular weight excluding hydrogens is 264 g/mol. The van der Waals surface area contributed by atoms with Crippen LogP contribution in [0.15, 0.2) is 30.3 Å².